The predicted molar refractivity (Wildman–Crippen MR) is 123 cm³/mol. The van der Waals surface area contributed by atoms with Gasteiger partial charge in [-0.3, -0.25) is 14.4 Å². The van der Waals surface area contributed by atoms with E-state index in [2.05, 4.69) is 4.90 Å². The number of carbonyl (C=O) groups is 3. The second-order valence-electron chi connectivity index (χ2n) is 8.51. The van der Waals surface area contributed by atoms with Crippen LogP contribution in [0.25, 0.3) is 10.9 Å². The zero-order valence-corrected chi connectivity index (χ0v) is 19.2. The third-order valence-electron chi connectivity index (χ3n) is 5.90. The van der Waals surface area contributed by atoms with Crippen LogP contribution < -0.4 is 20.8 Å². The number of nitrogens with two attached hydrogens (primary N) is 1. The van der Waals surface area contributed by atoms with Gasteiger partial charge in [0.25, 0.3) is 0 Å². The first kappa shape index (κ1) is 25.9. The summed E-state index contributed by atoms with van der Waals surface area (Å²) in [4.78, 5) is 47.7. The van der Waals surface area contributed by atoms with Crippen LogP contribution in [0, 0.1) is 5.82 Å². The highest BCUT2D eigenvalue weighted by Crippen LogP contribution is 2.42. The third kappa shape index (κ3) is 5.35. The van der Waals surface area contributed by atoms with Crippen molar-refractivity contribution in [3.8, 4) is 5.75 Å². The van der Waals surface area contributed by atoms with Gasteiger partial charge in [0.05, 0.1) is 23.4 Å². The highest BCUT2D eigenvalue weighted by atomic mass is 19.1. The molecule has 0 amide bonds. The van der Waals surface area contributed by atoms with Gasteiger partial charge in [-0.2, -0.15) is 0 Å². The van der Waals surface area contributed by atoms with E-state index in [1.165, 1.54) is 6.20 Å². The number of aromatic nitrogens is 1. The Morgan fingerprint density at radius 1 is 1.20 bits per heavy atom. The SMILES string of the molecule is C[C@H]1COc2c(N3CCN(C)CC3)c(F)cc3c(=O)c(C(=O)O)cn1c23.NC(CC(=O)O)C(=O)O. The highest BCUT2D eigenvalue weighted by molar-refractivity contribution is 5.97. The largest absolute Gasteiger partial charge is 0.487 e. The van der Waals surface area contributed by atoms with Gasteiger partial charge in [0, 0.05) is 32.4 Å². The second kappa shape index (κ2) is 10.3. The molecule has 0 saturated carbocycles. The summed E-state index contributed by atoms with van der Waals surface area (Å²) in [5.41, 5.74) is 4.61. The molecule has 35 heavy (non-hydrogen) atoms. The van der Waals surface area contributed by atoms with E-state index in [4.69, 9.17) is 20.7 Å². The maximum absolute atomic E-state index is 15.0. The number of carboxylic acid groups (broad SMARTS) is 3. The van der Waals surface area contributed by atoms with Gasteiger partial charge in [0.15, 0.2) is 11.6 Å². The van der Waals surface area contributed by atoms with Crippen molar-refractivity contribution >= 4 is 34.5 Å². The molecular formula is C22H27FN4O8. The molecule has 1 fully saturated rings. The Labute approximate surface area is 198 Å². The number of nitrogens with zero attached hydrogens (tertiary/aromatic N) is 3. The number of aromatic carboxylic acids is 1. The average Bonchev–Trinajstić information content (AvgIpc) is 2.78. The van der Waals surface area contributed by atoms with E-state index < -0.39 is 41.6 Å². The summed E-state index contributed by atoms with van der Waals surface area (Å²) in [6.07, 6.45) is 0.810. The molecule has 1 aromatic carbocycles. The molecule has 0 bridgehead atoms. The molecule has 4 rings (SSSR count). The van der Waals surface area contributed by atoms with Crippen molar-refractivity contribution in [2.75, 3.05) is 44.7 Å². The maximum atomic E-state index is 15.0. The van der Waals surface area contributed by atoms with Gasteiger partial charge >= 0.3 is 17.9 Å². The van der Waals surface area contributed by atoms with Gasteiger partial charge in [-0.25, -0.2) is 9.18 Å². The van der Waals surface area contributed by atoms with E-state index in [0.717, 1.165) is 19.2 Å². The lowest BCUT2D eigenvalue weighted by Gasteiger charge is -2.37. The minimum Gasteiger partial charge on any atom is -0.487 e. The number of hydrogen-bond acceptors (Lipinski definition) is 8. The Morgan fingerprint density at radius 2 is 1.83 bits per heavy atom. The fourth-order valence-corrected chi connectivity index (χ4v) is 3.96. The third-order valence-corrected chi connectivity index (χ3v) is 5.90. The highest BCUT2D eigenvalue weighted by Gasteiger charge is 2.30. The molecule has 2 aliphatic rings. The van der Waals surface area contributed by atoms with Crippen molar-refractivity contribution in [1.29, 1.82) is 0 Å². The topological polar surface area (TPSA) is 176 Å². The van der Waals surface area contributed by atoms with Crippen LogP contribution in [0.4, 0.5) is 10.1 Å². The summed E-state index contributed by atoms with van der Waals surface area (Å²) >= 11 is 0. The lowest BCUT2D eigenvalue weighted by Crippen LogP contribution is -2.45. The van der Waals surface area contributed by atoms with Crippen molar-refractivity contribution in [3.63, 3.8) is 0 Å². The molecule has 1 saturated heterocycles. The summed E-state index contributed by atoms with van der Waals surface area (Å²) in [5.74, 6) is -4.04. The van der Waals surface area contributed by atoms with E-state index in [9.17, 15) is 28.7 Å². The number of hydrogen-bond donors (Lipinski definition) is 4. The van der Waals surface area contributed by atoms with E-state index in [1.54, 1.807) is 4.57 Å². The van der Waals surface area contributed by atoms with E-state index in [1.807, 2.05) is 18.9 Å². The van der Waals surface area contributed by atoms with Gasteiger partial charge < -0.3 is 40.2 Å². The second-order valence-corrected chi connectivity index (χ2v) is 8.51. The zero-order valence-electron chi connectivity index (χ0n) is 19.2. The van der Waals surface area contributed by atoms with Crippen LogP contribution in [0.3, 0.4) is 0 Å². The quantitative estimate of drug-likeness (QED) is 0.453. The molecule has 1 unspecified atom stereocenters. The normalized spacial score (nSPS) is 18.3. The van der Waals surface area contributed by atoms with Crippen LogP contribution in [0.15, 0.2) is 17.1 Å². The lowest BCUT2D eigenvalue weighted by molar-refractivity contribution is -0.144. The van der Waals surface area contributed by atoms with Gasteiger partial charge in [0.1, 0.15) is 23.9 Å². The number of rotatable bonds is 5. The Morgan fingerprint density at radius 3 is 2.34 bits per heavy atom. The molecule has 13 heteroatoms. The van der Waals surface area contributed by atoms with Crippen LogP contribution >= 0.6 is 0 Å². The Kier molecular flexibility index (Phi) is 7.60. The molecule has 1 aromatic heterocycles. The molecule has 2 aromatic rings. The van der Waals surface area contributed by atoms with E-state index >= 15 is 0 Å². The average molecular weight is 494 g/mol. The summed E-state index contributed by atoms with van der Waals surface area (Å²) in [6.45, 7) is 5.08. The van der Waals surface area contributed by atoms with Crippen molar-refractivity contribution in [2.24, 2.45) is 5.73 Å². The molecule has 190 valence electrons. The minimum atomic E-state index is -1.32. The number of halogens is 1. The number of likely N-dealkylation sites (N-methyl/N-ethyl adjacent to an activating group) is 1. The smallest absolute Gasteiger partial charge is 0.341 e. The first-order chi connectivity index (χ1) is 16.4. The van der Waals surface area contributed by atoms with Gasteiger partial charge in [0.2, 0.25) is 5.43 Å². The number of aliphatic carboxylic acids is 2. The monoisotopic (exact) mass is 494 g/mol. The number of carboxylic acids is 3. The van der Waals surface area contributed by atoms with Crippen LogP contribution in [-0.4, -0.2) is 88.6 Å². The van der Waals surface area contributed by atoms with E-state index in [-0.39, 0.29) is 23.6 Å². The molecule has 0 radical (unpaired) electrons. The Bertz CT molecular complexity index is 1220. The standard InChI is InChI=1S/C18H20FN3O4.C4H7NO4/c1-10-9-26-17-14-11(16(23)12(18(24)25)8-22(10)14)7-13(19)15(17)21-5-3-20(2)4-6-21;5-2(4(8)9)1-3(6)7/h7-8,10H,3-6,9H2,1-2H3,(H,24,25);2H,1,5H2,(H,6,7)(H,8,9)/t10-;/m0./s1. The Balaban J connectivity index is 0.000000327. The molecule has 3 heterocycles. The van der Waals surface area contributed by atoms with Crippen molar-refractivity contribution < 1.29 is 38.8 Å². The van der Waals surface area contributed by atoms with Gasteiger partial charge in [-0.1, -0.05) is 0 Å². The van der Waals surface area contributed by atoms with Crippen molar-refractivity contribution in [1.82, 2.24) is 9.47 Å². The number of ether oxygens (including phenoxy) is 1. The number of piperazine rings is 1. The summed E-state index contributed by atoms with van der Waals surface area (Å²) in [5, 5.41) is 25.4. The zero-order chi connectivity index (χ0) is 26.0. The fourth-order valence-electron chi connectivity index (χ4n) is 3.96. The summed E-state index contributed by atoms with van der Waals surface area (Å²) in [7, 11) is 2.02. The summed E-state index contributed by atoms with van der Waals surface area (Å²) < 4.78 is 22.6. The minimum absolute atomic E-state index is 0.0434. The molecule has 0 aliphatic carbocycles. The summed E-state index contributed by atoms with van der Waals surface area (Å²) in [6, 6.07) is -0.295. The van der Waals surface area contributed by atoms with E-state index in [0.29, 0.717) is 30.0 Å². The molecule has 5 N–H and O–H groups in total. The lowest BCUT2D eigenvalue weighted by atomic mass is 10.1. The van der Waals surface area contributed by atoms with Crippen LogP contribution in [-0.2, 0) is 9.59 Å². The number of benzene rings is 1. The molecular weight excluding hydrogens is 467 g/mol. The number of anilines is 1. The Hall–Kier alpha value is -3.71. The molecule has 0 spiro atoms. The van der Waals surface area contributed by atoms with Crippen molar-refractivity contribution in [2.45, 2.75) is 25.4 Å². The first-order valence-electron chi connectivity index (χ1n) is 10.8. The van der Waals surface area contributed by atoms with Gasteiger partial charge in [-0.05, 0) is 20.0 Å². The molecule has 2 atom stereocenters. The van der Waals surface area contributed by atoms with Crippen molar-refractivity contribution in [3.05, 3.63) is 33.9 Å². The van der Waals surface area contributed by atoms with Crippen LogP contribution in [0.2, 0.25) is 0 Å². The molecule has 12 nitrogen and oxygen atoms in total. The van der Waals surface area contributed by atoms with Crippen LogP contribution in [0.1, 0.15) is 29.7 Å². The van der Waals surface area contributed by atoms with Crippen LogP contribution in [0.5, 0.6) is 5.75 Å². The first-order valence-corrected chi connectivity index (χ1v) is 10.8. The predicted octanol–water partition coefficient (Wildman–Crippen LogP) is 0.417. The fraction of sp³-hybridized carbons (Fsp3) is 0.455. The maximum Gasteiger partial charge on any atom is 0.341 e. The number of pyridine rings is 1. The van der Waals surface area contributed by atoms with Gasteiger partial charge in [-0.15, -0.1) is 0 Å². The molecule has 2 aliphatic heterocycles.